The van der Waals surface area contributed by atoms with Crippen LogP contribution >= 0.6 is 11.8 Å². The van der Waals surface area contributed by atoms with Crippen LogP contribution in [0.3, 0.4) is 0 Å². The standard InChI is InChI=1S/C19H22N2O3S/c1-12(22)24-8-9-25-11-15-20-17-14-7-5-4-6-13(14)10-19(2,3)16(17)18(23)21-15/h4-7H,8-11H2,1-3H3,(H,20,21,23). The second-order valence-electron chi connectivity index (χ2n) is 6.85. The number of carbonyl (C=O) groups excluding carboxylic acids is 1. The van der Waals surface area contributed by atoms with Gasteiger partial charge in [0.1, 0.15) is 12.4 Å². The largest absolute Gasteiger partial charge is 0.465 e. The van der Waals surface area contributed by atoms with E-state index in [9.17, 15) is 9.59 Å². The topological polar surface area (TPSA) is 72.0 Å². The third-order valence-electron chi connectivity index (χ3n) is 4.32. The summed E-state index contributed by atoms with van der Waals surface area (Å²) >= 11 is 1.58. The van der Waals surface area contributed by atoms with Crippen LogP contribution in [0.25, 0.3) is 11.3 Å². The highest BCUT2D eigenvalue weighted by molar-refractivity contribution is 7.98. The van der Waals surface area contributed by atoms with Gasteiger partial charge in [0.05, 0.1) is 11.4 Å². The second-order valence-corrected chi connectivity index (χ2v) is 7.95. The number of benzene rings is 1. The predicted octanol–water partition coefficient (Wildman–Crippen LogP) is 3.07. The molecular formula is C19H22N2O3S. The third kappa shape index (κ3) is 3.79. The maximum Gasteiger partial charge on any atom is 0.302 e. The number of esters is 1. The Morgan fingerprint density at radius 1 is 1.36 bits per heavy atom. The molecule has 132 valence electrons. The van der Waals surface area contributed by atoms with Gasteiger partial charge in [0.25, 0.3) is 5.56 Å². The van der Waals surface area contributed by atoms with Crippen molar-refractivity contribution >= 4 is 17.7 Å². The molecule has 0 saturated carbocycles. The third-order valence-corrected chi connectivity index (χ3v) is 5.25. The SMILES string of the molecule is CC(=O)OCCSCc1nc2c(c(=O)[nH]1)C(C)(C)Cc1ccccc1-2. The summed E-state index contributed by atoms with van der Waals surface area (Å²) in [5.41, 5.74) is 3.54. The summed E-state index contributed by atoms with van der Waals surface area (Å²) in [6.45, 7) is 5.94. The summed E-state index contributed by atoms with van der Waals surface area (Å²) < 4.78 is 4.92. The lowest BCUT2D eigenvalue weighted by molar-refractivity contribution is -0.140. The predicted molar refractivity (Wildman–Crippen MR) is 99.8 cm³/mol. The van der Waals surface area contributed by atoms with Crippen LogP contribution in [0.4, 0.5) is 0 Å². The van der Waals surface area contributed by atoms with E-state index in [1.165, 1.54) is 12.5 Å². The first-order valence-electron chi connectivity index (χ1n) is 8.31. The van der Waals surface area contributed by atoms with Crippen LogP contribution in [0.2, 0.25) is 0 Å². The van der Waals surface area contributed by atoms with Crippen LogP contribution in [-0.2, 0) is 27.1 Å². The molecule has 1 heterocycles. The van der Waals surface area contributed by atoms with Crippen molar-refractivity contribution in [3.63, 3.8) is 0 Å². The Morgan fingerprint density at radius 3 is 2.88 bits per heavy atom. The van der Waals surface area contributed by atoms with E-state index in [1.54, 1.807) is 11.8 Å². The molecule has 0 aliphatic heterocycles. The van der Waals surface area contributed by atoms with Crippen LogP contribution in [-0.4, -0.2) is 28.3 Å². The highest BCUT2D eigenvalue weighted by atomic mass is 32.2. The van der Waals surface area contributed by atoms with Gasteiger partial charge < -0.3 is 9.72 Å². The van der Waals surface area contributed by atoms with E-state index in [-0.39, 0.29) is 16.9 Å². The Balaban J connectivity index is 1.87. The fourth-order valence-electron chi connectivity index (χ4n) is 3.29. The average molecular weight is 358 g/mol. The van der Waals surface area contributed by atoms with Gasteiger partial charge in [-0.2, -0.15) is 11.8 Å². The van der Waals surface area contributed by atoms with E-state index in [2.05, 4.69) is 24.9 Å². The van der Waals surface area contributed by atoms with Crippen LogP contribution in [0.5, 0.6) is 0 Å². The summed E-state index contributed by atoms with van der Waals surface area (Å²) in [7, 11) is 0. The molecule has 0 bridgehead atoms. The van der Waals surface area contributed by atoms with Gasteiger partial charge in [0.15, 0.2) is 0 Å². The highest BCUT2D eigenvalue weighted by Crippen LogP contribution is 2.40. The molecule has 0 radical (unpaired) electrons. The van der Waals surface area contributed by atoms with Gasteiger partial charge in [-0.3, -0.25) is 9.59 Å². The lowest BCUT2D eigenvalue weighted by Crippen LogP contribution is -2.35. The number of hydrogen-bond donors (Lipinski definition) is 1. The Labute approximate surface area is 151 Å². The fourth-order valence-corrected chi connectivity index (χ4v) is 3.97. The zero-order valence-corrected chi connectivity index (χ0v) is 15.5. The summed E-state index contributed by atoms with van der Waals surface area (Å²) in [5.74, 6) is 1.62. The van der Waals surface area contributed by atoms with Crippen molar-refractivity contribution < 1.29 is 9.53 Å². The van der Waals surface area contributed by atoms with E-state index >= 15 is 0 Å². The smallest absolute Gasteiger partial charge is 0.302 e. The van der Waals surface area contributed by atoms with Crippen LogP contribution in [0.1, 0.15) is 37.7 Å². The molecule has 3 rings (SSSR count). The first kappa shape index (κ1) is 17.7. The highest BCUT2D eigenvalue weighted by Gasteiger charge is 2.34. The summed E-state index contributed by atoms with van der Waals surface area (Å²) in [4.78, 5) is 31.2. The zero-order valence-electron chi connectivity index (χ0n) is 14.7. The van der Waals surface area contributed by atoms with Crippen molar-refractivity contribution in [2.45, 2.75) is 38.4 Å². The molecule has 1 N–H and O–H groups in total. The molecule has 1 aliphatic carbocycles. The molecular weight excluding hydrogens is 336 g/mol. The van der Waals surface area contributed by atoms with Crippen molar-refractivity contribution in [3.8, 4) is 11.3 Å². The van der Waals surface area contributed by atoms with Crippen molar-refractivity contribution in [3.05, 3.63) is 51.6 Å². The summed E-state index contributed by atoms with van der Waals surface area (Å²) in [6, 6.07) is 8.15. The molecule has 5 nitrogen and oxygen atoms in total. The molecule has 1 aliphatic rings. The number of fused-ring (bicyclic) bond motifs is 3. The van der Waals surface area contributed by atoms with Crippen molar-refractivity contribution in [2.75, 3.05) is 12.4 Å². The summed E-state index contributed by atoms with van der Waals surface area (Å²) in [5, 5.41) is 0. The van der Waals surface area contributed by atoms with E-state index in [1.807, 2.05) is 18.2 Å². The Kier molecular flexibility index (Phi) is 4.99. The molecule has 25 heavy (non-hydrogen) atoms. The fraction of sp³-hybridized carbons (Fsp3) is 0.421. The normalized spacial score (nSPS) is 14.5. The molecule has 6 heteroatoms. The van der Waals surface area contributed by atoms with Gasteiger partial charge in [-0.1, -0.05) is 38.1 Å². The number of carbonyl (C=O) groups is 1. The number of rotatable bonds is 5. The van der Waals surface area contributed by atoms with Crippen LogP contribution < -0.4 is 5.56 Å². The van der Waals surface area contributed by atoms with Crippen molar-refractivity contribution in [1.82, 2.24) is 9.97 Å². The van der Waals surface area contributed by atoms with E-state index < -0.39 is 0 Å². The molecule has 0 saturated heterocycles. The average Bonchev–Trinajstić information content (AvgIpc) is 2.53. The second kappa shape index (κ2) is 7.04. The zero-order chi connectivity index (χ0) is 18.0. The lowest BCUT2D eigenvalue weighted by atomic mass is 9.72. The Bertz CT molecular complexity index is 858. The molecule has 1 aromatic heterocycles. The molecule has 0 amide bonds. The van der Waals surface area contributed by atoms with Gasteiger partial charge in [-0.15, -0.1) is 0 Å². The van der Waals surface area contributed by atoms with Crippen LogP contribution in [0.15, 0.2) is 29.1 Å². The maximum absolute atomic E-state index is 12.7. The lowest BCUT2D eigenvalue weighted by Gasteiger charge is -2.32. The number of nitrogens with one attached hydrogen (secondary N) is 1. The van der Waals surface area contributed by atoms with Crippen molar-refractivity contribution in [1.29, 1.82) is 0 Å². The number of aromatic nitrogens is 2. The summed E-state index contributed by atoms with van der Waals surface area (Å²) in [6.07, 6.45) is 0.831. The molecule has 0 unspecified atom stereocenters. The number of nitrogens with zero attached hydrogens (tertiary/aromatic N) is 1. The minimum absolute atomic E-state index is 0.0555. The van der Waals surface area contributed by atoms with Gasteiger partial charge >= 0.3 is 5.97 Å². The van der Waals surface area contributed by atoms with Gasteiger partial charge in [0, 0.05) is 29.2 Å². The molecule has 2 aromatic rings. The van der Waals surface area contributed by atoms with Gasteiger partial charge in [-0.25, -0.2) is 4.98 Å². The quantitative estimate of drug-likeness (QED) is 0.657. The number of H-pyrrole nitrogens is 1. The van der Waals surface area contributed by atoms with Crippen molar-refractivity contribution in [2.24, 2.45) is 0 Å². The molecule has 0 spiro atoms. The van der Waals surface area contributed by atoms with E-state index in [0.717, 1.165) is 23.2 Å². The first-order valence-corrected chi connectivity index (χ1v) is 9.47. The number of hydrogen-bond acceptors (Lipinski definition) is 5. The monoisotopic (exact) mass is 358 g/mol. The van der Waals surface area contributed by atoms with E-state index in [0.29, 0.717) is 23.9 Å². The van der Waals surface area contributed by atoms with E-state index in [4.69, 9.17) is 9.72 Å². The van der Waals surface area contributed by atoms with Crippen LogP contribution in [0, 0.1) is 0 Å². The molecule has 0 fully saturated rings. The number of thioether (sulfide) groups is 1. The minimum Gasteiger partial charge on any atom is -0.465 e. The van der Waals surface area contributed by atoms with Gasteiger partial charge in [0.2, 0.25) is 0 Å². The molecule has 0 atom stereocenters. The Morgan fingerprint density at radius 2 is 2.12 bits per heavy atom. The minimum atomic E-state index is -0.278. The van der Waals surface area contributed by atoms with Gasteiger partial charge in [-0.05, 0) is 12.0 Å². The molecule has 1 aromatic carbocycles. The number of aromatic amines is 1. The number of ether oxygens (including phenoxy) is 1. The first-order chi connectivity index (χ1) is 11.9. The Hall–Kier alpha value is -2.08. The maximum atomic E-state index is 12.7.